The summed E-state index contributed by atoms with van der Waals surface area (Å²) in [5, 5.41) is 3.32. The minimum absolute atomic E-state index is 0.0242. The van der Waals surface area contributed by atoms with Gasteiger partial charge in [0, 0.05) is 16.9 Å². The molecule has 0 radical (unpaired) electrons. The van der Waals surface area contributed by atoms with E-state index in [9.17, 15) is 0 Å². The van der Waals surface area contributed by atoms with Gasteiger partial charge in [0.15, 0.2) is 11.5 Å². The first kappa shape index (κ1) is 14.4. The van der Waals surface area contributed by atoms with Crippen molar-refractivity contribution in [2.24, 2.45) is 0 Å². The van der Waals surface area contributed by atoms with Crippen LogP contribution in [0, 0.1) is 0 Å². The molecular formula is C16H17BrN2O2. The first-order chi connectivity index (χ1) is 10.3. The second-order valence-electron chi connectivity index (χ2n) is 5.02. The number of pyridine rings is 1. The second-order valence-corrected chi connectivity index (χ2v) is 5.94. The molecule has 5 heteroatoms. The van der Waals surface area contributed by atoms with E-state index in [1.165, 1.54) is 0 Å². The van der Waals surface area contributed by atoms with Gasteiger partial charge in [0.25, 0.3) is 0 Å². The van der Waals surface area contributed by atoms with Gasteiger partial charge in [-0.15, -0.1) is 0 Å². The average Bonchev–Trinajstić information content (AvgIpc) is 2.52. The van der Waals surface area contributed by atoms with Crippen LogP contribution in [-0.2, 0) is 6.42 Å². The molecule has 1 aliphatic rings. The topological polar surface area (TPSA) is 43.4 Å². The highest BCUT2D eigenvalue weighted by Crippen LogP contribution is 2.32. The van der Waals surface area contributed by atoms with Gasteiger partial charge in [-0.05, 0) is 53.2 Å². The van der Waals surface area contributed by atoms with Gasteiger partial charge in [-0.1, -0.05) is 12.1 Å². The predicted octanol–water partition coefficient (Wildman–Crippen LogP) is 2.81. The molecule has 1 aromatic carbocycles. The minimum atomic E-state index is -0.0242. The summed E-state index contributed by atoms with van der Waals surface area (Å²) in [5.74, 6) is 1.62. The number of benzene rings is 1. The highest BCUT2D eigenvalue weighted by Gasteiger charge is 2.28. The van der Waals surface area contributed by atoms with Gasteiger partial charge in [-0.25, -0.2) is 0 Å². The number of hydrogen-bond acceptors (Lipinski definition) is 4. The summed E-state index contributed by atoms with van der Waals surface area (Å²) < 4.78 is 12.8. The van der Waals surface area contributed by atoms with E-state index in [1.807, 2.05) is 37.5 Å². The SMILES string of the molecule is CNC(Cc1cncc(Br)c1)C1COc2ccccc2O1. The van der Waals surface area contributed by atoms with Crippen LogP contribution < -0.4 is 14.8 Å². The fourth-order valence-electron chi connectivity index (χ4n) is 2.47. The molecular weight excluding hydrogens is 332 g/mol. The molecule has 0 spiro atoms. The molecule has 21 heavy (non-hydrogen) atoms. The van der Waals surface area contributed by atoms with Crippen molar-refractivity contribution in [3.05, 3.63) is 52.8 Å². The quantitative estimate of drug-likeness (QED) is 0.922. The molecule has 2 aromatic rings. The summed E-state index contributed by atoms with van der Waals surface area (Å²) in [6.45, 7) is 0.546. The van der Waals surface area contributed by atoms with E-state index in [0.717, 1.165) is 28.0 Å². The van der Waals surface area contributed by atoms with Crippen molar-refractivity contribution in [1.82, 2.24) is 10.3 Å². The van der Waals surface area contributed by atoms with Crippen molar-refractivity contribution in [2.75, 3.05) is 13.7 Å². The Kier molecular flexibility index (Phi) is 4.41. The first-order valence-corrected chi connectivity index (χ1v) is 7.71. The number of likely N-dealkylation sites (N-methyl/N-ethyl adjacent to an activating group) is 1. The summed E-state index contributed by atoms with van der Waals surface area (Å²) >= 11 is 3.45. The summed E-state index contributed by atoms with van der Waals surface area (Å²) in [6, 6.07) is 10.0. The second kappa shape index (κ2) is 6.45. The Morgan fingerprint density at radius 2 is 2.14 bits per heavy atom. The van der Waals surface area contributed by atoms with Gasteiger partial charge in [-0.3, -0.25) is 4.98 Å². The molecule has 2 unspecified atom stereocenters. The zero-order valence-electron chi connectivity index (χ0n) is 11.8. The molecule has 0 saturated carbocycles. The molecule has 0 fully saturated rings. The minimum Gasteiger partial charge on any atom is -0.486 e. The summed E-state index contributed by atoms with van der Waals surface area (Å²) in [5.41, 5.74) is 1.16. The van der Waals surface area contributed by atoms with Crippen LogP contribution in [0.4, 0.5) is 0 Å². The number of ether oxygens (including phenoxy) is 2. The average molecular weight is 349 g/mol. The molecule has 2 heterocycles. The monoisotopic (exact) mass is 348 g/mol. The zero-order valence-corrected chi connectivity index (χ0v) is 13.3. The molecule has 0 aliphatic carbocycles. The number of para-hydroxylation sites is 2. The van der Waals surface area contributed by atoms with Crippen molar-refractivity contribution in [3.63, 3.8) is 0 Å². The van der Waals surface area contributed by atoms with Crippen molar-refractivity contribution < 1.29 is 9.47 Å². The van der Waals surface area contributed by atoms with Crippen LogP contribution in [-0.4, -0.2) is 30.8 Å². The largest absolute Gasteiger partial charge is 0.486 e. The molecule has 4 nitrogen and oxygen atoms in total. The van der Waals surface area contributed by atoms with Crippen molar-refractivity contribution in [3.8, 4) is 11.5 Å². The van der Waals surface area contributed by atoms with Gasteiger partial charge < -0.3 is 14.8 Å². The molecule has 3 rings (SSSR count). The highest BCUT2D eigenvalue weighted by molar-refractivity contribution is 9.10. The fourth-order valence-corrected chi connectivity index (χ4v) is 2.89. The van der Waals surface area contributed by atoms with Crippen LogP contribution in [0.2, 0.25) is 0 Å². The fraction of sp³-hybridized carbons (Fsp3) is 0.312. The van der Waals surface area contributed by atoms with E-state index in [0.29, 0.717) is 6.61 Å². The van der Waals surface area contributed by atoms with E-state index >= 15 is 0 Å². The molecule has 110 valence electrons. The summed E-state index contributed by atoms with van der Waals surface area (Å²) in [7, 11) is 1.94. The molecule has 0 amide bonds. The predicted molar refractivity (Wildman–Crippen MR) is 84.8 cm³/mol. The van der Waals surface area contributed by atoms with Crippen molar-refractivity contribution in [2.45, 2.75) is 18.6 Å². The van der Waals surface area contributed by atoms with E-state index in [1.54, 1.807) is 6.20 Å². The number of fused-ring (bicyclic) bond motifs is 1. The number of aromatic nitrogens is 1. The Labute approximate surface area is 132 Å². The number of hydrogen-bond donors (Lipinski definition) is 1. The molecule has 1 aromatic heterocycles. The Morgan fingerprint density at radius 3 is 2.90 bits per heavy atom. The number of halogens is 1. The number of nitrogens with one attached hydrogen (secondary N) is 1. The molecule has 1 N–H and O–H groups in total. The first-order valence-electron chi connectivity index (χ1n) is 6.91. The maximum Gasteiger partial charge on any atom is 0.161 e. The molecule has 1 aliphatic heterocycles. The standard InChI is InChI=1S/C16H17BrN2O2/c1-18-13(7-11-6-12(17)9-19-8-11)16-10-20-14-4-2-3-5-15(14)21-16/h2-6,8-9,13,16,18H,7,10H2,1H3. The smallest absolute Gasteiger partial charge is 0.161 e. The van der Waals surface area contributed by atoms with Crippen LogP contribution in [0.5, 0.6) is 11.5 Å². The van der Waals surface area contributed by atoms with E-state index in [4.69, 9.17) is 9.47 Å². The Hall–Kier alpha value is -1.59. The molecule has 2 atom stereocenters. The van der Waals surface area contributed by atoms with Crippen LogP contribution in [0.1, 0.15) is 5.56 Å². The Morgan fingerprint density at radius 1 is 1.33 bits per heavy atom. The highest BCUT2D eigenvalue weighted by atomic mass is 79.9. The Bertz CT molecular complexity index is 621. The molecule has 0 bridgehead atoms. The van der Waals surface area contributed by atoms with Gasteiger partial charge >= 0.3 is 0 Å². The summed E-state index contributed by atoms with van der Waals surface area (Å²) in [6.07, 6.45) is 4.48. The molecule has 0 saturated heterocycles. The van der Waals surface area contributed by atoms with E-state index < -0.39 is 0 Å². The van der Waals surface area contributed by atoms with Gasteiger partial charge in [0.1, 0.15) is 12.7 Å². The van der Waals surface area contributed by atoms with Crippen LogP contribution >= 0.6 is 15.9 Å². The Balaban J connectivity index is 1.73. The third-order valence-electron chi connectivity index (χ3n) is 3.57. The lowest BCUT2D eigenvalue weighted by Crippen LogP contribution is -2.47. The maximum atomic E-state index is 6.07. The van der Waals surface area contributed by atoms with Gasteiger partial charge in [-0.2, -0.15) is 0 Å². The number of nitrogens with zero attached hydrogens (tertiary/aromatic N) is 1. The van der Waals surface area contributed by atoms with Crippen LogP contribution in [0.15, 0.2) is 47.2 Å². The van der Waals surface area contributed by atoms with Crippen molar-refractivity contribution in [1.29, 1.82) is 0 Å². The third-order valence-corrected chi connectivity index (χ3v) is 4.00. The van der Waals surface area contributed by atoms with Gasteiger partial charge in [0.2, 0.25) is 0 Å². The van der Waals surface area contributed by atoms with E-state index in [2.05, 4.69) is 32.3 Å². The summed E-state index contributed by atoms with van der Waals surface area (Å²) in [4.78, 5) is 4.21. The maximum absolute atomic E-state index is 6.07. The lowest BCUT2D eigenvalue weighted by molar-refractivity contribution is 0.0640. The lowest BCUT2D eigenvalue weighted by Gasteiger charge is -2.32. The van der Waals surface area contributed by atoms with Crippen LogP contribution in [0.3, 0.4) is 0 Å². The zero-order chi connectivity index (χ0) is 14.7. The van der Waals surface area contributed by atoms with Crippen LogP contribution in [0.25, 0.3) is 0 Å². The van der Waals surface area contributed by atoms with Crippen molar-refractivity contribution >= 4 is 15.9 Å². The third kappa shape index (κ3) is 3.36. The number of rotatable bonds is 4. The van der Waals surface area contributed by atoms with Gasteiger partial charge in [0.05, 0.1) is 6.04 Å². The van der Waals surface area contributed by atoms with E-state index in [-0.39, 0.29) is 12.1 Å². The lowest BCUT2D eigenvalue weighted by atomic mass is 10.0. The normalized spacial score (nSPS) is 18.3.